The summed E-state index contributed by atoms with van der Waals surface area (Å²) in [6, 6.07) is 15.2. The number of hydrogen-bond acceptors (Lipinski definition) is 4. The molecule has 4 heteroatoms. The molecule has 0 aliphatic rings. The minimum absolute atomic E-state index is 0.329. The standard InChI is InChI=1S/C16H16O3S/c1-18-16(17)13-5-3-12(4-6-13)11-19-14-7-9-15(20-2)10-8-14/h3-10H,11H2,1-2H3. The highest BCUT2D eigenvalue weighted by Crippen LogP contribution is 2.19. The molecule has 0 aliphatic carbocycles. The van der Waals surface area contributed by atoms with Crippen molar-refractivity contribution in [1.82, 2.24) is 0 Å². The number of carbonyl (C=O) groups is 1. The topological polar surface area (TPSA) is 35.5 Å². The Balaban J connectivity index is 1.94. The molecule has 2 rings (SSSR count). The van der Waals surface area contributed by atoms with Crippen molar-refractivity contribution in [3.8, 4) is 5.75 Å². The van der Waals surface area contributed by atoms with Crippen molar-refractivity contribution in [2.75, 3.05) is 13.4 Å². The van der Waals surface area contributed by atoms with Crippen LogP contribution in [0, 0.1) is 0 Å². The van der Waals surface area contributed by atoms with Crippen LogP contribution in [-0.2, 0) is 11.3 Å². The highest BCUT2D eigenvalue weighted by atomic mass is 32.2. The van der Waals surface area contributed by atoms with E-state index in [0.29, 0.717) is 12.2 Å². The summed E-state index contributed by atoms with van der Waals surface area (Å²) < 4.78 is 10.3. The van der Waals surface area contributed by atoms with Gasteiger partial charge < -0.3 is 9.47 Å². The Morgan fingerprint density at radius 1 is 1.05 bits per heavy atom. The molecule has 0 radical (unpaired) electrons. The van der Waals surface area contributed by atoms with Crippen molar-refractivity contribution in [1.29, 1.82) is 0 Å². The highest BCUT2D eigenvalue weighted by Gasteiger charge is 2.04. The molecular weight excluding hydrogens is 272 g/mol. The lowest BCUT2D eigenvalue weighted by atomic mass is 10.1. The van der Waals surface area contributed by atoms with Crippen LogP contribution in [0.15, 0.2) is 53.4 Å². The van der Waals surface area contributed by atoms with E-state index < -0.39 is 0 Å². The molecule has 0 N–H and O–H groups in total. The summed E-state index contributed by atoms with van der Waals surface area (Å²) >= 11 is 1.70. The van der Waals surface area contributed by atoms with E-state index in [4.69, 9.17) is 4.74 Å². The van der Waals surface area contributed by atoms with E-state index in [2.05, 4.69) is 4.74 Å². The number of methoxy groups -OCH3 is 1. The molecule has 0 aromatic heterocycles. The zero-order valence-corrected chi connectivity index (χ0v) is 12.3. The Morgan fingerprint density at radius 2 is 1.70 bits per heavy atom. The molecule has 2 aromatic rings. The Bertz CT molecular complexity index is 561. The van der Waals surface area contributed by atoms with Crippen LogP contribution < -0.4 is 4.74 Å². The second-order valence-corrected chi connectivity index (χ2v) is 5.03. The number of ether oxygens (including phenoxy) is 2. The summed E-state index contributed by atoms with van der Waals surface area (Å²) in [6.45, 7) is 0.472. The molecule has 0 fully saturated rings. The van der Waals surface area contributed by atoms with Crippen molar-refractivity contribution < 1.29 is 14.3 Å². The molecule has 3 nitrogen and oxygen atoms in total. The quantitative estimate of drug-likeness (QED) is 0.619. The lowest BCUT2D eigenvalue weighted by Crippen LogP contribution is -2.01. The van der Waals surface area contributed by atoms with Crippen LogP contribution in [0.1, 0.15) is 15.9 Å². The lowest BCUT2D eigenvalue weighted by molar-refractivity contribution is 0.0600. The van der Waals surface area contributed by atoms with Gasteiger partial charge in [0.2, 0.25) is 0 Å². The van der Waals surface area contributed by atoms with Crippen molar-refractivity contribution in [2.45, 2.75) is 11.5 Å². The van der Waals surface area contributed by atoms with Crippen LogP contribution in [-0.4, -0.2) is 19.3 Å². The van der Waals surface area contributed by atoms with E-state index in [1.54, 1.807) is 23.9 Å². The van der Waals surface area contributed by atoms with Gasteiger partial charge in [0.05, 0.1) is 12.7 Å². The van der Waals surface area contributed by atoms with Crippen molar-refractivity contribution >= 4 is 17.7 Å². The molecule has 0 saturated heterocycles. The Kier molecular flexibility index (Phi) is 5.07. The van der Waals surface area contributed by atoms with E-state index in [9.17, 15) is 4.79 Å². The molecule has 0 saturated carbocycles. The molecule has 0 heterocycles. The fourth-order valence-electron chi connectivity index (χ4n) is 1.69. The first-order valence-electron chi connectivity index (χ1n) is 6.17. The highest BCUT2D eigenvalue weighted by molar-refractivity contribution is 7.98. The van der Waals surface area contributed by atoms with Crippen LogP contribution in [0.25, 0.3) is 0 Å². The van der Waals surface area contributed by atoms with Crippen LogP contribution in [0.4, 0.5) is 0 Å². The molecule has 0 atom stereocenters. The molecule has 0 amide bonds. The van der Waals surface area contributed by atoms with E-state index in [1.165, 1.54) is 12.0 Å². The van der Waals surface area contributed by atoms with Crippen LogP contribution in [0.5, 0.6) is 5.75 Å². The van der Waals surface area contributed by atoms with Crippen LogP contribution >= 0.6 is 11.8 Å². The molecule has 104 valence electrons. The smallest absolute Gasteiger partial charge is 0.337 e. The van der Waals surface area contributed by atoms with Crippen molar-refractivity contribution in [3.05, 3.63) is 59.7 Å². The van der Waals surface area contributed by atoms with Crippen molar-refractivity contribution in [3.63, 3.8) is 0 Å². The molecule has 0 spiro atoms. The third-order valence-electron chi connectivity index (χ3n) is 2.84. The van der Waals surface area contributed by atoms with E-state index in [0.717, 1.165) is 11.3 Å². The Labute approximate surface area is 122 Å². The first-order chi connectivity index (χ1) is 9.72. The second-order valence-electron chi connectivity index (χ2n) is 4.15. The van der Waals surface area contributed by atoms with Gasteiger partial charge in [-0.05, 0) is 48.2 Å². The van der Waals surface area contributed by atoms with Crippen LogP contribution in [0.3, 0.4) is 0 Å². The fraction of sp³-hybridized carbons (Fsp3) is 0.188. The minimum Gasteiger partial charge on any atom is -0.489 e. The maximum atomic E-state index is 11.3. The zero-order valence-electron chi connectivity index (χ0n) is 11.5. The summed E-state index contributed by atoms with van der Waals surface area (Å²) in [4.78, 5) is 12.5. The predicted octanol–water partition coefficient (Wildman–Crippen LogP) is 3.77. The fourth-order valence-corrected chi connectivity index (χ4v) is 2.10. The zero-order chi connectivity index (χ0) is 14.4. The van der Waals surface area contributed by atoms with Gasteiger partial charge >= 0.3 is 5.97 Å². The van der Waals surface area contributed by atoms with Gasteiger partial charge in [0.25, 0.3) is 0 Å². The summed E-state index contributed by atoms with van der Waals surface area (Å²) in [5.74, 6) is 0.505. The number of esters is 1. The van der Waals surface area contributed by atoms with Gasteiger partial charge in [0, 0.05) is 4.90 Å². The van der Waals surface area contributed by atoms with Gasteiger partial charge in [0.15, 0.2) is 0 Å². The van der Waals surface area contributed by atoms with E-state index >= 15 is 0 Å². The summed E-state index contributed by atoms with van der Waals surface area (Å²) in [7, 11) is 1.37. The average Bonchev–Trinajstić information content (AvgIpc) is 2.53. The molecule has 20 heavy (non-hydrogen) atoms. The molecular formula is C16H16O3S. The lowest BCUT2D eigenvalue weighted by Gasteiger charge is -2.07. The number of carbonyl (C=O) groups excluding carboxylic acids is 1. The van der Waals surface area contributed by atoms with Gasteiger partial charge in [-0.1, -0.05) is 12.1 Å². The van der Waals surface area contributed by atoms with Gasteiger partial charge in [-0.3, -0.25) is 0 Å². The largest absolute Gasteiger partial charge is 0.489 e. The SMILES string of the molecule is COC(=O)c1ccc(COc2ccc(SC)cc2)cc1. The number of thioether (sulfide) groups is 1. The first-order valence-corrected chi connectivity index (χ1v) is 7.39. The maximum absolute atomic E-state index is 11.3. The third kappa shape index (κ3) is 3.78. The molecule has 0 bridgehead atoms. The summed E-state index contributed by atoms with van der Waals surface area (Å²) in [5, 5.41) is 0. The van der Waals surface area contributed by atoms with Gasteiger partial charge in [-0.15, -0.1) is 11.8 Å². The monoisotopic (exact) mass is 288 g/mol. The number of hydrogen-bond donors (Lipinski definition) is 0. The number of benzene rings is 2. The van der Waals surface area contributed by atoms with Gasteiger partial charge in [-0.25, -0.2) is 4.79 Å². The Hall–Kier alpha value is -1.94. The summed E-state index contributed by atoms with van der Waals surface area (Å²) in [5.41, 5.74) is 1.55. The van der Waals surface area contributed by atoms with Crippen molar-refractivity contribution in [2.24, 2.45) is 0 Å². The normalized spacial score (nSPS) is 10.1. The first kappa shape index (κ1) is 14.5. The molecule has 0 unspecified atom stereocenters. The predicted molar refractivity (Wildman–Crippen MR) is 80.3 cm³/mol. The minimum atomic E-state index is -0.329. The Morgan fingerprint density at radius 3 is 2.25 bits per heavy atom. The average molecular weight is 288 g/mol. The summed E-state index contributed by atoms with van der Waals surface area (Å²) in [6.07, 6.45) is 2.04. The maximum Gasteiger partial charge on any atom is 0.337 e. The third-order valence-corrected chi connectivity index (χ3v) is 3.58. The van der Waals surface area contributed by atoms with Gasteiger partial charge in [0.1, 0.15) is 12.4 Å². The van der Waals surface area contributed by atoms with Gasteiger partial charge in [-0.2, -0.15) is 0 Å². The van der Waals surface area contributed by atoms with Crippen LogP contribution in [0.2, 0.25) is 0 Å². The van der Waals surface area contributed by atoms with E-state index in [1.807, 2.05) is 42.7 Å². The molecule has 2 aromatic carbocycles. The molecule has 0 aliphatic heterocycles. The second kappa shape index (κ2) is 7.01. The number of rotatable bonds is 5. The van der Waals surface area contributed by atoms with E-state index in [-0.39, 0.29) is 5.97 Å².